The Morgan fingerprint density at radius 2 is 1.94 bits per heavy atom. The highest BCUT2D eigenvalue weighted by atomic mass is 16.5. The number of aromatic amines is 1. The van der Waals surface area contributed by atoms with Gasteiger partial charge in [0.05, 0.1) is 12.7 Å². The monoisotopic (exact) mass is 453 g/mol. The molecule has 3 heterocycles. The van der Waals surface area contributed by atoms with E-state index in [4.69, 9.17) is 14.8 Å². The van der Waals surface area contributed by atoms with Gasteiger partial charge >= 0.3 is 0 Å². The zero-order valence-corrected chi connectivity index (χ0v) is 20.2. The lowest BCUT2D eigenvalue weighted by atomic mass is 9.89. The molecule has 174 valence electrons. The van der Waals surface area contributed by atoms with Crippen molar-refractivity contribution in [3.05, 3.63) is 82.7 Å². The molecular weight excluding hydrogens is 422 g/mol. The van der Waals surface area contributed by atoms with Crippen molar-refractivity contribution in [2.45, 2.75) is 52.0 Å². The molecule has 6 heteroatoms. The van der Waals surface area contributed by atoms with Crippen LogP contribution in [0, 0.1) is 6.92 Å². The first-order valence-electron chi connectivity index (χ1n) is 11.9. The lowest BCUT2D eigenvalue weighted by molar-refractivity contribution is 0.416. The number of aryl methyl sites for hydroxylation is 2. The smallest absolute Gasteiger partial charge is 0.174 e. The van der Waals surface area contributed by atoms with Crippen LogP contribution in [0.4, 0.5) is 0 Å². The molecule has 6 nitrogen and oxygen atoms in total. The van der Waals surface area contributed by atoms with Crippen LogP contribution in [0.15, 0.2) is 48.7 Å². The first-order valence-corrected chi connectivity index (χ1v) is 11.9. The number of nitrogens with zero attached hydrogens (tertiary/aromatic N) is 4. The van der Waals surface area contributed by atoms with E-state index < -0.39 is 0 Å². The molecular formula is C28H31N5O. The summed E-state index contributed by atoms with van der Waals surface area (Å²) in [6, 6.07) is 15.1. The number of nitrogens with one attached hydrogen (secondary N) is 1. The molecule has 0 fully saturated rings. The zero-order valence-electron chi connectivity index (χ0n) is 20.2. The minimum atomic E-state index is 0.292. The molecule has 0 bridgehead atoms. The summed E-state index contributed by atoms with van der Waals surface area (Å²) in [4.78, 5) is 12.6. The molecule has 34 heavy (non-hydrogen) atoms. The Kier molecular flexibility index (Phi) is 6.05. The maximum Gasteiger partial charge on any atom is 0.174 e. The zero-order chi connectivity index (χ0) is 23.7. The summed E-state index contributed by atoms with van der Waals surface area (Å²) < 4.78 is 7.70. The number of ether oxygens (including phenoxy) is 1. The first-order chi connectivity index (χ1) is 16.5. The summed E-state index contributed by atoms with van der Waals surface area (Å²) >= 11 is 0. The number of benzene rings is 2. The predicted molar refractivity (Wildman–Crippen MR) is 136 cm³/mol. The van der Waals surface area contributed by atoms with Gasteiger partial charge in [-0.25, -0.2) is 14.6 Å². The number of aromatic nitrogens is 5. The quantitative estimate of drug-likeness (QED) is 0.377. The highest BCUT2D eigenvalue weighted by Crippen LogP contribution is 2.33. The second-order valence-corrected chi connectivity index (χ2v) is 9.28. The molecule has 2 aromatic carbocycles. The fraction of sp³-hybridized carbons (Fsp3) is 0.321. The Morgan fingerprint density at radius 1 is 1.12 bits per heavy atom. The molecule has 1 atom stereocenters. The van der Waals surface area contributed by atoms with Crippen LogP contribution in [-0.4, -0.2) is 31.8 Å². The molecule has 0 spiro atoms. The van der Waals surface area contributed by atoms with Gasteiger partial charge in [-0.15, -0.1) is 0 Å². The highest BCUT2D eigenvalue weighted by molar-refractivity contribution is 5.72. The van der Waals surface area contributed by atoms with Crippen molar-refractivity contribution in [1.29, 1.82) is 0 Å². The number of fused-ring (bicyclic) bond motifs is 1. The fourth-order valence-corrected chi connectivity index (χ4v) is 4.60. The summed E-state index contributed by atoms with van der Waals surface area (Å²) in [6.45, 7) is 7.36. The summed E-state index contributed by atoms with van der Waals surface area (Å²) in [5.41, 5.74) is 5.67. The van der Waals surface area contributed by atoms with Gasteiger partial charge in [-0.05, 0) is 60.6 Å². The Labute approximate surface area is 200 Å². The van der Waals surface area contributed by atoms with Crippen LogP contribution in [0.25, 0.3) is 23.5 Å². The van der Waals surface area contributed by atoms with Gasteiger partial charge < -0.3 is 9.72 Å². The number of imidazole rings is 1. The van der Waals surface area contributed by atoms with Gasteiger partial charge in [0.25, 0.3) is 0 Å². The van der Waals surface area contributed by atoms with E-state index in [2.05, 4.69) is 58.8 Å². The van der Waals surface area contributed by atoms with E-state index in [-0.39, 0.29) is 0 Å². The standard InChI is InChI=1S/C28H31N5O/c1-18(2)21-9-11-22(12-10-21)23-6-5-15-33-28(23)31-26(32-33)14-8-20-7-13-24(25(16-20)34-4)27-29-17-19(3)30-27/h7-14,16-18,23H,5-6,15H2,1-4H3,(H,29,30)/b14-8+. The van der Waals surface area contributed by atoms with Crippen LogP contribution in [0.5, 0.6) is 5.75 Å². The lowest BCUT2D eigenvalue weighted by Gasteiger charge is -2.22. The molecule has 0 aliphatic carbocycles. The SMILES string of the molecule is COc1cc(/C=C/c2nc3n(n2)CCCC3c2ccc(C(C)C)cc2)ccc1-c1ncc(C)[nH]1. The first kappa shape index (κ1) is 22.1. The van der Waals surface area contributed by atoms with E-state index in [1.54, 1.807) is 7.11 Å². The van der Waals surface area contributed by atoms with E-state index in [0.717, 1.165) is 59.4 Å². The molecule has 1 aliphatic heterocycles. The van der Waals surface area contributed by atoms with Crippen molar-refractivity contribution in [3.63, 3.8) is 0 Å². The van der Waals surface area contributed by atoms with Crippen LogP contribution in [0.3, 0.4) is 0 Å². The van der Waals surface area contributed by atoms with Gasteiger partial charge in [0, 0.05) is 24.4 Å². The third kappa shape index (κ3) is 4.40. The maximum atomic E-state index is 5.62. The van der Waals surface area contributed by atoms with Gasteiger partial charge in [0.1, 0.15) is 17.4 Å². The number of hydrogen-bond acceptors (Lipinski definition) is 4. The fourth-order valence-electron chi connectivity index (χ4n) is 4.60. The third-order valence-electron chi connectivity index (χ3n) is 6.51. The van der Waals surface area contributed by atoms with Crippen molar-refractivity contribution >= 4 is 12.2 Å². The topological polar surface area (TPSA) is 68.6 Å². The second-order valence-electron chi connectivity index (χ2n) is 9.28. The van der Waals surface area contributed by atoms with Gasteiger partial charge in [-0.2, -0.15) is 5.10 Å². The molecule has 1 aliphatic rings. The van der Waals surface area contributed by atoms with E-state index in [9.17, 15) is 0 Å². The Balaban J connectivity index is 1.38. The molecule has 0 amide bonds. The number of H-pyrrole nitrogens is 1. The maximum absolute atomic E-state index is 5.62. The van der Waals surface area contributed by atoms with Gasteiger partial charge in [0.15, 0.2) is 5.82 Å². The molecule has 4 aromatic rings. The van der Waals surface area contributed by atoms with Crippen molar-refractivity contribution < 1.29 is 4.74 Å². The molecule has 0 radical (unpaired) electrons. The average Bonchev–Trinajstić information content (AvgIpc) is 3.48. The van der Waals surface area contributed by atoms with Crippen molar-refractivity contribution in [2.24, 2.45) is 0 Å². The van der Waals surface area contributed by atoms with E-state index in [1.807, 2.05) is 37.4 Å². The van der Waals surface area contributed by atoms with Crippen LogP contribution in [0.1, 0.15) is 72.6 Å². The van der Waals surface area contributed by atoms with Crippen molar-refractivity contribution in [3.8, 4) is 17.1 Å². The van der Waals surface area contributed by atoms with Crippen LogP contribution < -0.4 is 4.74 Å². The summed E-state index contributed by atoms with van der Waals surface area (Å²) in [6.07, 6.45) is 8.05. The molecule has 2 aromatic heterocycles. The van der Waals surface area contributed by atoms with E-state index >= 15 is 0 Å². The molecule has 1 N–H and O–H groups in total. The predicted octanol–water partition coefficient (Wildman–Crippen LogP) is 6.20. The van der Waals surface area contributed by atoms with Gasteiger partial charge in [0.2, 0.25) is 0 Å². The number of rotatable bonds is 6. The molecule has 0 saturated heterocycles. The number of hydrogen-bond donors (Lipinski definition) is 1. The number of methoxy groups -OCH3 is 1. The van der Waals surface area contributed by atoms with Crippen molar-refractivity contribution in [1.82, 2.24) is 24.7 Å². The second kappa shape index (κ2) is 9.29. The molecule has 0 saturated carbocycles. The third-order valence-corrected chi connectivity index (χ3v) is 6.51. The molecule has 1 unspecified atom stereocenters. The van der Waals surface area contributed by atoms with E-state index in [0.29, 0.717) is 11.8 Å². The van der Waals surface area contributed by atoms with Crippen LogP contribution in [0.2, 0.25) is 0 Å². The minimum Gasteiger partial charge on any atom is -0.496 e. The summed E-state index contributed by atoms with van der Waals surface area (Å²) in [5, 5.41) is 4.77. The van der Waals surface area contributed by atoms with Crippen LogP contribution >= 0.6 is 0 Å². The largest absolute Gasteiger partial charge is 0.496 e. The van der Waals surface area contributed by atoms with Crippen molar-refractivity contribution in [2.75, 3.05) is 7.11 Å². The van der Waals surface area contributed by atoms with Crippen LogP contribution in [-0.2, 0) is 6.54 Å². The highest BCUT2D eigenvalue weighted by Gasteiger charge is 2.25. The lowest BCUT2D eigenvalue weighted by Crippen LogP contribution is -2.18. The normalized spacial score (nSPS) is 15.7. The van der Waals surface area contributed by atoms with E-state index in [1.165, 1.54) is 11.1 Å². The minimum absolute atomic E-state index is 0.292. The molecule has 5 rings (SSSR count). The summed E-state index contributed by atoms with van der Waals surface area (Å²) in [7, 11) is 1.68. The van der Waals surface area contributed by atoms with Gasteiger partial charge in [-0.1, -0.05) is 50.3 Å². The Morgan fingerprint density at radius 3 is 2.65 bits per heavy atom. The Hall–Kier alpha value is -3.67. The average molecular weight is 454 g/mol. The summed E-state index contributed by atoms with van der Waals surface area (Å²) in [5.74, 6) is 4.21. The Bertz CT molecular complexity index is 1310. The van der Waals surface area contributed by atoms with Gasteiger partial charge in [-0.3, -0.25) is 0 Å².